The van der Waals surface area contributed by atoms with Crippen molar-refractivity contribution < 1.29 is 8.42 Å². The summed E-state index contributed by atoms with van der Waals surface area (Å²) in [6.45, 7) is 3.99. The van der Waals surface area contributed by atoms with Crippen molar-refractivity contribution in [2.75, 3.05) is 0 Å². The number of hydrogen-bond acceptors (Lipinski definition) is 3. The molecule has 0 radical (unpaired) electrons. The summed E-state index contributed by atoms with van der Waals surface area (Å²) in [7, 11) is -3.14. The molecule has 0 aliphatic heterocycles. The van der Waals surface area contributed by atoms with Crippen LogP contribution in [0.2, 0.25) is 0 Å². The molecule has 2 rings (SSSR count). The summed E-state index contributed by atoms with van der Waals surface area (Å²) in [6, 6.07) is 5.78. The highest BCUT2D eigenvalue weighted by Gasteiger charge is 2.33. The lowest BCUT2D eigenvalue weighted by Gasteiger charge is -2.28. The molecule has 0 aromatic heterocycles. The quantitative estimate of drug-likeness (QED) is 0.926. The van der Waals surface area contributed by atoms with E-state index < -0.39 is 9.84 Å². The Hall–Kier alpha value is -0.870. The van der Waals surface area contributed by atoms with E-state index in [1.807, 2.05) is 26.0 Å². The molecule has 0 amide bonds. The van der Waals surface area contributed by atoms with Gasteiger partial charge in [-0.2, -0.15) is 0 Å². The minimum absolute atomic E-state index is 0.119. The second-order valence-electron chi connectivity index (χ2n) is 5.79. The topological polar surface area (TPSA) is 60.2 Å². The van der Waals surface area contributed by atoms with Gasteiger partial charge in [0.2, 0.25) is 0 Å². The van der Waals surface area contributed by atoms with Crippen LogP contribution in [-0.2, 0) is 15.6 Å². The van der Waals surface area contributed by atoms with E-state index in [9.17, 15) is 8.42 Å². The predicted octanol–water partition coefficient (Wildman–Crippen LogP) is 2.49. The highest BCUT2D eigenvalue weighted by molar-refractivity contribution is 7.91. The van der Waals surface area contributed by atoms with Crippen molar-refractivity contribution in [3.05, 3.63) is 34.9 Å². The molecular formula is C15H23NO2S. The van der Waals surface area contributed by atoms with E-state index in [1.165, 1.54) is 0 Å². The largest absolute Gasteiger partial charge is 0.327 e. The lowest BCUT2D eigenvalue weighted by molar-refractivity contribution is 0.431. The molecule has 1 fully saturated rings. The Morgan fingerprint density at radius 2 is 1.68 bits per heavy atom. The maximum atomic E-state index is 12.5. The van der Waals surface area contributed by atoms with Gasteiger partial charge in [0.1, 0.15) is 0 Å². The third-order valence-electron chi connectivity index (χ3n) is 3.86. The van der Waals surface area contributed by atoms with Crippen LogP contribution in [-0.4, -0.2) is 19.7 Å². The minimum atomic E-state index is -3.14. The van der Waals surface area contributed by atoms with E-state index in [1.54, 1.807) is 0 Å². The summed E-state index contributed by atoms with van der Waals surface area (Å²) >= 11 is 0. The lowest BCUT2D eigenvalue weighted by atomic mass is 9.96. The van der Waals surface area contributed by atoms with E-state index in [0.29, 0.717) is 6.42 Å². The van der Waals surface area contributed by atoms with Crippen LogP contribution >= 0.6 is 0 Å². The molecule has 106 valence electrons. The zero-order valence-electron chi connectivity index (χ0n) is 11.7. The van der Waals surface area contributed by atoms with E-state index in [0.717, 1.165) is 36.0 Å². The molecule has 1 aromatic rings. The van der Waals surface area contributed by atoms with Crippen LogP contribution in [0.25, 0.3) is 0 Å². The summed E-state index contributed by atoms with van der Waals surface area (Å²) in [5, 5.41) is -0.359. The molecule has 4 heteroatoms. The number of rotatable bonds is 3. The maximum Gasteiger partial charge on any atom is 0.158 e. The number of nitrogens with two attached hydrogens (primary N) is 1. The van der Waals surface area contributed by atoms with Crippen molar-refractivity contribution in [3.63, 3.8) is 0 Å². The van der Waals surface area contributed by atoms with E-state index >= 15 is 0 Å². The lowest BCUT2D eigenvalue weighted by Crippen LogP contribution is -2.43. The smallest absolute Gasteiger partial charge is 0.158 e. The van der Waals surface area contributed by atoms with Crippen molar-refractivity contribution in [1.82, 2.24) is 0 Å². The average molecular weight is 281 g/mol. The van der Waals surface area contributed by atoms with Gasteiger partial charge in [0, 0.05) is 6.04 Å². The number of aryl methyl sites for hydroxylation is 2. The molecule has 19 heavy (non-hydrogen) atoms. The fourth-order valence-electron chi connectivity index (χ4n) is 3.06. The van der Waals surface area contributed by atoms with Gasteiger partial charge in [-0.05, 0) is 32.3 Å². The summed E-state index contributed by atoms with van der Waals surface area (Å²) in [6.07, 6.45) is 3.58. The Morgan fingerprint density at radius 1 is 1.11 bits per heavy atom. The first-order valence-electron chi connectivity index (χ1n) is 6.93. The van der Waals surface area contributed by atoms with Crippen LogP contribution in [0.4, 0.5) is 0 Å². The molecule has 0 heterocycles. The fraction of sp³-hybridized carbons (Fsp3) is 0.600. The van der Waals surface area contributed by atoms with Crippen molar-refractivity contribution in [3.8, 4) is 0 Å². The first kappa shape index (κ1) is 14.5. The number of sulfone groups is 1. The van der Waals surface area contributed by atoms with Gasteiger partial charge in [-0.15, -0.1) is 0 Å². The summed E-state index contributed by atoms with van der Waals surface area (Å²) in [5.74, 6) is 0.119. The van der Waals surface area contributed by atoms with Gasteiger partial charge in [-0.1, -0.05) is 42.2 Å². The molecule has 0 saturated heterocycles. The summed E-state index contributed by atoms with van der Waals surface area (Å²) in [5.41, 5.74) is 9.10. The molecule has 1 aliphatic rings. The Kier molecular flexibility index (Phi) is 4.31. The molecule has 1 saturated carbocycles. The summed E-state index contributed by atoms with van der Waals surface area (Å²) in [4.78, 5) is 0. The second kappa shape index (κ2) is 5.63. The van der Waals surface area contributed by atoms with Crippen molar-refractivity contribution in [2.24, 2.45) is 5.73 Å². The van der Waals surface area contributed by atoms with Crippen LogP contribution in [0.3, 0.4) is 0 Å². The van der Waals surface area contributed by atoms with Crippen molar-refractivity contribution in [2.45, 2.75) is 56.6 Å². The van der Waals surface area contributed by atoms with E-state index in [4.69, 9.17) is 5.73 Å². The zero-order chi connectivity index (χ0) is 14.0. The standard InChI is InChI=1S/C15H23NO2S/c1-11-7-12(2)9-13(8-11)10-19(17,18)15-6-4-3-5-14(15)16/h7-9,14-15H,3-6,10,16H2,1-2H3. The van der Waals surface area contributed by atoms with Gasteiger partial charge >= 0.3 is 0 Å². The Labute approximate surface area is 116 Å². The van der Waals surface area contributed by atoms with Gasteiger partial charge < -0.3 is 5.73 Å². The normalized spacial score (nSPS) is 24.4. The highest BCUT2D eigenvalue weighted by Crippen LogP contribution is 2.26. The third-order valence-corrected chi connectivity index (χ3v) is 6.11. The number of benzene rings is 1. The van der Waals surface area contributed by atoms with Crippen LogP contribution in [0.5, 0.6) is 0 Å². The first-order chi connectivity index (χ1) is 8.88. The fourth-order valence-corrected chi connectivity index (χ4v) is 5.10. The minimum Gasteiger partial charge on any atom is -0.327 e. The summed E-state index contributed by atoms with van der Waals surface area (Å²) < 4.78 is 25.0. The molecule has 3 nitrogen and oxygen atoms in total. The van der Waals surface area contributed by atoms with Gasteiger partial charge in [0.15, 0.2) is 9.84 Å². The second-order valence-corrected chi connectivity index (χ2v) is 8.01. The molecule has 1 aromatic carbocycles. The van der Waals surface area contributed by atoms with Gasteiger partial charge in [0.25, 0.3) is 0 Å². The van der Waals surface area contributed by atoms with Crippen LogP contribution in [0.1, 0.15) is 42.4 Å². The van der Waals surface area contributed by atoms with E-state index in [-0.39, 0.29) is 17.0 Å². The molecule has 2 N–H and O–H groups in total. The van der Waals surface area contributed by atoms with Gasteiger partial charge in [-0.25, -0.2) is 8.42 Å². The first-order valence-corrected chi connectivity index (χ1v) is 8.64. The zero-order valence-corrected chi connectivity index (χ0v) is 12.5. The molecule has 2 atom stereocenters. The molecule has 1 aliphatic carbocycles. The Morgan fingerprint density at radius 3 is 2.26 bits per heavy atom. The number of hydrogen-bond donors (Lipinski definition) is 1. The predicted molar refractivity (Wildman–Crippen MR) is 78.8 cm³/mol. The van der Waals surface area contributed by atoms with E-state index in [2.05, 4.69) is 6.07 Å². The van der Waals surface area contributed by atoms with Crippen molar-refractivity contribution >= 4 is 9.84 Å². The molecule has 0 bridgehead atoms. The van der Waals surface area contributed by atoms with Crippen LogP contribution in [0, 0.1) is 13.8 Å². The van der Waals surface area contributed by atoms with Crippen LogP contribution < -0.4 is 5.73 Å². The third kappa shape index (κ3) is 3.57. The van der Waals surface area contributed by atoms with Crippen molar-refractivity contribution in [1.29, 1.82) is 0 Å². The molecule has 0 spiro atoms. The Bertz CT molecular complexity index is 531. The van der Waals surface area contributed by atoms with Gasteiger partial charge in [0.05, 0.1) is 11.0 Å². The maximum absolute atomic E-state index is 12.5. The Balaban J connectivity index is 2.20. The highest BCUT2D eigenvalue weighted by atomic mass is 32.2. The molecule has 2 unspecified atom stereocenters. The molecular weight excluding hydrogens is 258 g/mol. The van der Waals surface area contributed by atoms with Gasteiger partial charge in [-0.3, -0.25) is 0 Å². The monoisotopic (exact) mass is 281 g/mol. The average Bonchev–Trinajstić information content (AvgIpc) is 2.26. The SMILES string of the molecule is Cc1cc(C)cc(CS(=O)(=O)C2CCCCC2N)c1. The van der Waals surface area contributed by atoms with Crippen LogP contribution in [0.15, 0.2) is 18.2 Å².